The highest BCUT2D eigenvalue weighted by molar-refractivity contribution is 5.92. The lowest BCUT2D eigenvalue weighted by atomic mass is 9.94. The molecule has 31 heavy (non-hydrogen) atoms. The van der Waals surface area contributed by atoms with Gasteiger partial charge in [-0.1, -0.05) is 23.3 Å². The second kappa shape index (κ2) is 7.24. The van der Waals surface area contributed by atoms with Crippen LogP contribution in [0.2, 0.25) is 0 Å². The summed E-state index contributed by atoms with van der Waals surface area (Å²) in [5, 5.41) is 30.4. The van der Waals surface area contributed by atoms with Crippen LogP contribution in [0, 0.1) is 11.3 Å². The Morgan fingerprint density at radius 1 is 1.19 bits per heavy atom. The monoisotopic (exact) mass is 426 g/mol. The van der Waals surface area contributed by atoms with Crippen molar-refractivity contribution in [2.45, 2.75) is 19.1 Å². The third-order valence-electron chi connectivity index (χ3n) is 4.94. The predicted molar refractivity (Wildman–Crippen MR) is 101 cm³/mol. The number of allylic oxidation sites excluding steroid dienone is 1. The number of fused-ring (bicyclic) bond motifs is 1. The van der Waals surface area contributed by atoms with Crippen LogP contribution in [0.15, 0.2) is 59.8 Å². The Kier molecular flexibility index (Phi) is 4.69. The Labute approximate surface area is 173 Å². The fourth-order valence-corrected chi connectivity index (χ4v) is 3.54. The molecule has 0 spiro atoms. The molecule has 0 amide bonds. The number of nitriles is 1. The zero-order valence-corrected chi connectivity index (χ0v) is 15.9. The van der Waals surface area contributed by atoms with Crippen LogP contribution in [0.3, 0.4) is 0 Å². The topological polar surface area (TPSA) is 108 Å². The van der Waals surface area contributed by atoms with Crippen molar-refractivity contribution in [3.63, 3.8) is 0 Å². The van der Waals surface area contributed by atoms with Gasteiger partial charge in [-0.25, -0.2) is 4.79 Å². The van der Waals surface area contributed by atoms with Crippen LogP contribution in [0.5, 0.6) is 0 Å². The summed E-state index contributed by atoms with van der Waals surface area (Å²) in [6.45, 7) is 1.48. The van der Waals surface area contributed by atoms with E-state index in [-0.39, 0.29) is 22.9 Å². The first-order chi connectivity index (χ1) is 14.7. The van der Waals surface area contributed by atoms with E-state index < -0.39 is 23.8 Å². The minimum absolute atomic E-state index is 0.0659. The maximum absolute atomic E-state index is 13.2. The molecule has 2 aromatic carbocycles. The van der Waals surface area contributed by atoms with Crippen molar-refractivity contribution >= 4 is 17.6 Å². The number of benzene rings is 2. The number of tetrazole rings is 1. The molecule has 0 radical (unpaired) electrons. The van der Waals surface area contributed by atoms with Crippen molar-refractivity contribution in [1.82, 2.24) is 20.2 Å². The molecule has 1 aliphatic heterocycles. The van der Waals surface area contributed by atoms with Crippen molar-refractivity contribution in [3.8, 4) is 6.07 Å². The highest BCUT2D eigenvalue weighted by Crippen LogP contribution is 2.42. The van der Waals surface area contributed by atoms with Gasteiger partial charge in [0.25, 0.3) is 5.95 Å². The molecule has 11 heteroatoms. The van der Waals surface area contributed by atoms with Gasteiger partial charge in [0, 0.05) is 11.4 Å². The summed E-state index contributed by atoms with van der Waals surface area (Å²) in [5.74, 6) is -1.21. The molecule has 1 unspecified atom stereocenters. The zero-order chi connectivity index (χ0) is 22.3. The number of carboxylic acids is 1. The number of hydrogen-bond donors (Lipinski definition) is 1. The van der Waals surface area contributed by atoms with E-state index in [1.807, 2.05) is 6.07 Å². The highest BCUT2D eigenvalue weighted by Gasteiger charge is 2.39. The third kappa shape index (κ3) is 3.38. The molecule has 156 valence electrons. The minimum Gasteiger partial charge on any atom is -0.478 e. The standard InChI is InChI=1S/C20H13F3N6O2/c1-11-16(18(30)31)17(13-7-5-12(10-24)6-8-13)29-19(25-26-27-29)28(11)15-4-2-3-14(9-15)20(21,22)23/h2-9,17H,1H3,(H,30,31). The van der Waals surface area contributed by atoms with Crippen LogP contribution < -0.4 is 4.90 Å². The summed E-state index contributed by atoms with van der Waals surface area (Å²) in [6.07, 6.45) is -4.57. The van der Waals surface area contributed by atoms with Crippen molar-refractivity contribution in [2.75, 3.05) is 4.90 Å². The van der Waals surface area contributed by atoms with Crippen LogP contribution in [0.1, 0.15) is 29.7 Å². The van der Waals surface area contributed by atoms with Gasteiger partial charge in [-0.05, 0) is 53.2 Å². The summed E-state index contributed by atoms with van der Waals surface area (Å²) in [4.78, 5) is 13.5. The number of carboxylic acid groups (broad SMARTS) is 1. The second-order valence-electron chi connectivity index (χ2n) is 6.75. The van der Waals surface area contributed by atoms with Gasteiger partial charge in [-0.15, -0.1) is 0 Å². The Balaban J connectivity index is 1.92. The van der Waals surface area contributed by atoms with E-state index in [0.29, 0.717) is 11.1 Å². The Hall–Kier alpha value is -4.20. The molecule has 0 fully saturated rings. The number of carbonyl (C=O) groups is 1. The van der Waals surface area contributed by atoms with E-state index in [1.54, 1.807) is 12.1 Å². The third-order valence-corrected chi connectivity index (χ3v) is 4.94. The molecule has 3 aromatic rings. The van der Waals surface area contributed by atoms with Crippen molar-refractivity contribution < 1.29 is 23.1 Å². The maximum Gasteiger partial charge on any atom is 0.416 e. The molecule has 4 rings (SSSR count). The van der Waals surface area contributed by atoms with Gasteiger partial charge < -0.3 is 5.11 Å². The fraction of sp³-hybridized carbons (Fsp3) is 0.150. The summed E-state index contributed by atoms with van der Waals surface area (Å²) < 4.78 is 40.9. The van der Waals surface area contributed by atoms with Crippen LogP contribution in [0.4, 0.5) is 24.8 Å². The van der Waals surface area contributed by atoms with Crippen LogP contribution >= 0.6 is 0 Å². The lowest BCUT2D eigenvalue weighted by molar-refractivity contribution is -0.137. The molecular weight excluding hydrogens is 413 g/mol. The van der Waals surface area contributed by atoms with Gasteiger partial charge in [-0.2, -0.15) is 23.1 Å². The molecule has 0 aliphatic carbocycles. The quantitative estimate of drug-likeness (QED) is 0.681. The molecule has 8 nitrogen and oxygen atoms in total. The Morgan fingerprint density at radius 2 is 1.90 bits per heavy atom. The van der Waals surface area contributed by atoms with Crippen LogP contribution in [0.25, 0.3) is 0 Å². The molecule has 1 N–H and O–H groups in total. The minimum atomic E-state index is -4.57. The van der Waals surface area contributed by atoms with Crippen molar-refractivity contribution in [1.29, 1.82) is 5.26 Å². The summed E-state index contributed by atoms with van der Waals surface area (Å²) in [7, 11) is 0. The van der Waals surface area contributed by atoms with Gasteiger partial charge >= 0.3 is 12.1 Å². The van der Waals surface area contributed by atoms with E-state index >= 15 is 0 Å². The Bertz CT molecular complexity index is 1240. The smallest absolute Gasteiger partial charge is 0.416 e. The van der Waals surface area contributed by atoms with Gasteiger partial charge in [0.15, 0.2) is 0 Å². The number of anilines is 2. The first-order valence-electron chi connectivity index (χ1n) is 8.91. The number of hydrogen-bond acceptors (Lipinski definition) is 6. The summed E-state index contributed by atoms with van der Waals surface area (Å²) >= 11 is 0. The van der Waals surface area contributed by atoms with Crippen molar-refractivity contribution in [3.05, 3.63) is 76.5 Å². The molecule has 1 aliphatic rings. The number of aromatic nitrogens is 4. The van der Waals surface area contributed by atoms with Gasteiger partial charge in [0.2, 0.25) is 0 Å². The lowest BCUT2D eigenvalue weighted by Gasteiger charge is -2.34. The first kappa shape index (κ1) is 20.1. The zero-order valence-electron chi connectivity index (χ0n) is 15.9. The largest absolute Gasteiger partial charge is 0.478 e. The van der Waals surface area contributed by atoms with Crippen molar-refractivity contribution in [2.24, 2.45) is 0 Å². The predicted octanol–water partition coefficient (Wildman–Crippen LogP) is 3.66. The van der Waals surface area contributed by atoms with Crippen LogP contribution in [-0.2, 0) is 11.0 Å². The number of nitrogens with zero attached hydrogens (tertiary/aromatic N) is 6. The highest BCUT2D eigenvalue weighted by atomic mass is 19.4. The number of halogens is 3. The number of alkyl halides is 3. The number of aliphatic carboxylic acids is 1. The van der Waals surface area contributed by atoms with E-state index in [4.69, 9.17) is 5.26 Å². The summed E-state index contributed by atoms with van der Waals surface area (Å²) in [5.41, 5.74) is 0.140. The fourth-order valence-electron chi connectivity index (χ4n) is 3.54. The van der Waals surface area contributed by atoms with Gasteiger partial charge in [0.05, 0.1) is 22.8 Å². The SMILES string of the molecule is CC1=C(C(=O)O)C(c2ccc(C#N)cc2)n2nnnc2N1c1cccc(C(F)(F)F)c1. The van der Waals surface area contributed by atoms with E-state index in [0.717, 1.165) is 12.1 Å². The normalized spacial score (nSPS) is 16.1. The molecule has 1 aromatic heterocycles. The van der Waals surface area contributed by atoms with Gasteiger partial charge in [-0.3, -0.25) is 4.90 Å². The van der Waals surface area contributed by atoms with E-state index in [1.165, 1.54) is 40.8 Å². The first-order valence-corrected chi connectivity index (χ1v) is 8.91. The second-order valence-corrected chi connectivity index (χ2v) is 6.75. The van der Waals surface area contributed by atoms with Crippen LogP contribution in [-0.4, -0.2) is 31.3 Å². The Morgan fingerprint density at radius 3 is 2.52 bits per heavy atom. The molecule has 0 saturated carbocycles. The number of rotatable bonds is 3. The van der Waals surface area contributed by atoms with Gasteiger partial charge in [0.1, 0.15) is 6.04 Å². The molecule has 2 heterocycles. The molecule has 0 saturated heterocycles. The summed E-state index contributed by atoms with van der Waals surface area (Å²) in [6, 6.07) is 11.8. The van der Waals surface area contributed by atoms with E-state index in [9.17, 15) is 23.1 Å². The molecular formula is C20H13F3N6O2. The lowest BCUT2D eigenvalue weighted by Crippen LogP contribution is -2.34. The molecule has 0 bridgehead atoms. The maximum atomic E-state index is 13.2. The average molecular weight is 426 g/mol. The average Bonchev–Trinajstić information content (AvgIpc) is 3.21. The molecule has 1 atom stereocenters. The van der Waals surface area contributed by atoms with E-state index in [2.05, 4.69) is 15.5 Å².